The number of benzene rings is 3. The Kier molecular flexibility index (Phi) is 9.85. The number of phenols is 1. The van der Waals surface area contributed by atoms with Gasteiger partial charge in [-0.15, -0.1) is 0 Å². The van der Waals surface area contributed by atoms with Gasteiger partial charge in [-0.25, -0.2) is 8.42 Å². The van der Waals surface area contributed by atoms with Crippen molar-refractivity contribution < 1.29 is 28.2 Å². The van der Waals surface area contributed by atoms with Crippen molar-refractivity contribution in [2.24, 2.45) is 0 Å². The Labute approximate surface area is 229 Å². The molecule has 0 saturated heterocycles. The minimum atomic E-state index is -3.26. The quantitative estimate of drug-likeness (QED) is 0.162. The first-order chi connectivity index (χ1) is 18.4. The largest absolute Gasteiger partial charge is 0.506 e. The molecule has 39 heavy (non-hydrogen) atoms. The van der Waals surface area contributed by atoms with Crippen LogP contribution in [-0.2, 0) is 38.8 Å². The SMILES string of the molecule is CC(C)(Cc1cccc(CC(=O)NCc2ccc(S(C)(=O)=O)cc2)c1)NC[C@@H](O)c1ccc(O)c(NC=O)c1. The maximum Gasteiger partial charge on any atom is 0.224 e. The average Bonchev–Trinajstić information content (AvgIpc) is 2.87. The number of hydrogen-bond donors (Lipinski definition) is 5. The summed E-state index contributed by atoms with van der Waals surface area (Å²) in [6.07, 6.45) is 1.62. The normalized spacial score (nSPS) is 12.5. The Morgan fingerprint density at radius 3 is 2.36 bits per heavy atom. The Balaban J connectivity index is 1.52. The predicted molar refractivity (Wildman–Crippen MR) is 150 cm³/mol. The van der Waals surface area contributed by atoms with Crippen molar-refractivity contribution in [1.82, 2.24) is 10.6 Å². The highest BCUT2D eigenvalue weighted by atomic mass is 32.2. The molecule has 0 saturated carbocycles. The molecule has 0 aliphatic heterocycles. The number of sulfone groups is 1. The number of carbonyl (C=O) groups is 2. The predicted octanol–water partition coefficient (Wildman–Crippen LogP) is 2.87. The Morgan fingerprint density at radius 1 is 1.00 bits per heavy atom. The lowest BCUT2D eigenvalue weighted by Gasteiger charge is -2.28. The molecule has 3 aromatic rings. The van der Waals surface area contributed by atoms with E-state index in [0.29, 0.717) is 24.9 Å². The van der Waals surface area contributed by atoms with Crippen molar-refractivity contribution in [3.63, 3.8) is 0 Å². The molecule has 3 aromatic carbocycles. The van der Waals surface area contributed by atoms with Gasteiger partial charge < -0.3 is 26.2 Å². The molecule has 10 heteroatoms. The minimum absolute atomic E-state index is 0.0804. The van der Waals surface area contributed by atoms with E-state index < -0.39 is 15.9 Å². The summed E-state index contributed by atoms with van der Waals surface area (Å²) < 4.78 is 23.2. The number of amides is 2. The number of hydrogen-bond acceptors (Lipinski definition) is 7. The second-order valence-corrected chi connectivity index (χ2v) is 12.2. The molecule has 0 heterocycles. The van der Waals surface area contributed by atoms with Crippen LogP contribution in [0.2, 0.25) is 0 Å². The van der Waals surface area contributed by atoms with E-state index in [1.165, 1.54) is 24.3 Å². The summed E-state index contributed by atoms with van der Waals surface area (Å²) in [5.41, 5.74) is 3.12. The highest BCUT2D eigenvalue weighted by Gasteiger charge is 2.21. The maximum absolute atomic E-state index is 12.5. The number of nitrogens with one attached hydrogen (secondary N) is 3. The zero-order valence-electron chi connectivity index (χ0n) is 22.3. The number of aromatic hydroxyl groups is 1. The van der Waals surface area contributed by atoms with Gasteiger partial charge in [-0.2, -0.15) is 0 Å². The first-order valence-corrected chi connectivity index (χ1v) is 14.3. The van der Waals surface area contributed by atoms with Gasteiger partial charge in [-0.1, -0.05) is 42.5 Å². The smallest absolute Gasteiger partial charge is 0.224 e. The fourth-order valence-electron chi connectivity index (χ4n) is 4.16. The molecule has 3 rings (SSSR count). The van der Waals surface area contributed by atoms with Crippen molar-refractivity contribution in [2.75, 3.05) is 18.1 Å². The first kappa shape index (κ1) is 29.8. The summed E-state index contributed by atoms with van der Waals surface area (Å²) in [7, 11) is -3.26. The molecule has 1 atom stereocenters. The molecule has 0 aliphatic carbocycles. The third kappa shape index (κ3) is 9.20. The molecule has 0 unspecified atom stereocenters. The lowest BCUT2D eigenvalue weighted by Crippen LogP contribution is -2.43. The van der Waals surface area contributed by atoms with Gasteiger partial charge in [0.1, 0.15) is 5.75 Å². The van der Waals surface area contributed by atoms with Crippen LogP contribution in [0.4, 0.5) is 5.69 Å². The van der Waals surface area contributed by atoms with Gasteiger partial charge in [0.2, 0.25) is 12.3 Å². The van der Waals surface area contributed by atoms with Crippen molar-refractivity contribution in [3.8, 4) is 5.75 Å². The van der Waals surface area contributed by atoms with E-state index in [1.54, 1.807) is 18.2 Å². The summed E-state index contributed by atoms with van der Waals surface area (Å²) in [5.74, 6) is -0.222. The van der Waals surface area contributed by atoms with Crippen molar-refractivity contribution in [2.45, 2.75) is 49.8 Å². The number of anilines is 1. The highest BCUT2D eigenvalue weighted by molar-refractivity contribution is 7.90. The number of aliphatic hydroxyl groups excluding tert-OH is 1. The fraction of sp³-hybridized carbons (Fsp3) is 0.310. The van der Waals surface area contributed by atoms with E-state index in [-0.39, 0.29) is 40.7 Å². The van der Waals surface area contributed by atoms with Crippen LogP contribution in [-0.4, -0.2) is 49.3 Å². The summed E-state index contributed by atoms with van der Waals surface area (Å²) in [6.45, 7) is 4.59. The first-order valence-electron chi connectivity index (χ1n) is 12.5. The van der Waals surface area contributed by atoms with Gasteiger partial charge in [0.05, 0.1) is 23.1 Å². The molecule has 9 nitrogen and oxygen atoms in total. The van der Waals surface area contributed by atoms with E-state index in [1.807, 2.05) is 38.1 Å². The second-order valence-electron chi connectivity index (χ2n) is 10.2. The van der Waals surface area contributed by atoms with Crippen LogP contribution < -0.4 is 16.0 Å². The Bertz CT molecular complexity index is 1400. The lowest BCUT2D eigenvalue weighted by atomic mass is 9.93. The number of carbonyl (C=O) groups excluding carboxylic acids is 2. The van der Waals surface area contributed by atoms with Crippen LogP contribution in [0.3, 0.4) is 0 Å². The van der Waals surface area contributed by atoms with Crippen LogP contribution in [0, 0.1) is 0 Å². The van der Waals surface area contributed by atoms with E-state index >= 15 is 0 Å². The molecule has 5 N–H and O–H groups in total. The van der Waals surface area contributed by atoms with Crippen LogP contribution in [0.1, 0.15) is 42.2 Å². The maximum atomic E-state index is 12.5. The molecule has 0 spiro atoms. The monoisotopic (exact) mass is 553 g/mol. The van der Waals surface area contributed by atoms with E-state index in [2.05, 4.69) is 16.0 Å². The third-order valence-corrected chi connectivity index (χ3v) is 7.37. The Hall–Kier alpha value is -3.73. The Morgan fingerprint density at radius 2 is 1.69 bits per heavy atom. The molecule has 0 aromatic heterocycles. The number of β-amino-alcohol motifs (C(OH)–C–C–N with tert-alkyl or cyclic N) is 1. The average molecular weight is 554 g/mol. The van der Waals surface area contributed by atoms with Gasteiger partial charge >= 0.3 is 0 Å². The molecule has 208 valence electrons. The van der Waals surface area contributed by atoms with Gasteiger partial charge in [-0.05, 0) is 66.8 Å². The number of rotatable bonds is 13. The third-order valence-electron chi connectivity index (χ3n) is 6.24. The van der Waals surface area contributed by atoms with Crippen LogP contribution in [0.25, 0.3) is 0 Å². The van der Waals surface area contributed by atoms with E-state index in [9.17, 15) is 28.2 Å². The molecule has 2 amide bonds. The molecular formula is C29H35N3O6S. The molecular weight excluding hydrogens is 518 g/mol. The highest BCUT2D eigenvalue weighted by Crippen LogP contribution is 2.27. The van der Waals surface area contributed by atoms with Gasteiger partial charge in [0.25, 0.3) is 0 Å². The number of aliphatic hydroxyl groups is 1. The summed E-state index contributed by atoms with van der Waals surface area (Å²) in [5, 5.41) is 29.1. The zero-order valence-corrected chi connectivity index (χ0v) is 23.1. The van der Waals surface area contributed by atoms with Crippen LogP contribution in [0.5, 0.6) is 5.75 Å². The number of phenolic OH excluding ortho intramolecular Hbond substituents is 1. The molecule has 0 aliphatic rings. The van der Waals surface area contributed by atoms with Crippen LogP contribution >= 0.6 is 0 Å². The summed E-state index contributed by atoms with van der Waals surface area (Å²) >= 11 is 0. The van der Waals surface area contributed by atoms with Crippen molar-refractivity contribution in [1.29, 1.82) is 0 Å². The fourth-order valence-corrected chi connectivity index (χ4v) is 4.79. The minimum Gasteiger partial charge on any atom is -0.506 e. The standard InChI is InChI=1S/C29H35N3O6S/c1-29(2,32-18-27(35)23-9-12-26(34)25(15-23)31-19-33)16-22-6-4-5-21(13-22)14-28(36)30-17-20-7-10-24(11-8-20)39(3,37)38/h4-13,15,19,27,32,34-35H,14,16-18H2,1-3H3,(H,30,36)(H,31,33)/t27-/m1/s1. The zero-order chi connectivity index (χ0) is 28.6. The van der Waals surface area contributed by atoms with Crippen molar-refractivity contribution in [3.05, 3.63) is 89.0 Å². The van der Waals surface area contributed by atoms with Gasteiger partial charge in [0.15, 0.2) is 9.84 Å². The topological polar surface area (TPSA) is 145 Å². The molecule has 0 bridgehead atoms. The van der Waals surface area contributed by atoms with Crippen molar-refractivity contribution >= 4 is 27.8 Å². The second kappa shape index (κ2) is 12.9. The molecule has 0 fully saturated rings. The molecule has 0 radical (unpaired) electrons. The van der Waals surface area contributed by atoms with Crippen LogP contribution in [0.15, 0.2) is 71.6 Å². The summed E-state index contributed by atoms with van der Waals surface area (Å²) in [4.78, 5) is 23.5. The van der Waals surface area contributed by atoms with E-state index in [0.717, 1.165) is 22.9 Å². The van der Waals surface area contributed by atoms with E-state index in [4.69, 9.17) is 0 Å². The van der Waals surface area contributed by atoms with Gasteiger partial charge in [-0.3, -0.25) is 9.59 Å². The lowest BCUT2D eigenvalue weighted by molar-refractivity contribution is -0.120. The summed E-state index contributed by atoms with van der Waals surface area (Å²) in [6, 6.07) is 18.8. The van der Waals surface area contributed by atoms with Gasteiger partial charge in [0, 0.05) is 24.9 Å².